The second-order valence-corrected chi connectivity index (χ2v) is 5.79. The van der Waals surface area contributed by atoms with Crippen LogP contribution in [0.5, 0.6) is 0 Å². The summed E-state index contributed by atoms with van der Waals surface area (Å²) in [5.74, 6) is 0. The summed E-state index contributed by atoms with van der Waals surface area (Å²) in [4.78, 5) is 12.9. The van der Waals surface area contributed by atoms with E-state index in [1.807, 2.05) is 38.1 Å². The Kier molecular flexibility index (Phi) is 3.37. The lowest BCUT2D eigenvalue weighted by Gasteiger charge is -2.08. The molecule has 4 aromatic rings. The van der Waals surface area contributed by atoms with Gasteiger partial charge in [-0.3, -0.25) is 9.48 Å². The second-order valence-electron chi connectivity index (χ2n) is 5.79. The smallest absolute Gasteiger partial charge is 0.265 e. The van der Waals surface area contributed by atoms with Crippen LogP contribution in [0.4, 0.5) is 0 Å². The molecule has 0 atom stereocenters. The second kappa shape index (κ2) is 5.56. The number of hydrogen-bond acceptors (Lipinski definition) is 4. The van der Waals surface area contributed by atoms with Crippen LogP contribution in [-0.2, 0) is 13.1 Å². The Bertz CT molecular complexity index is 1100. The van der Waals surface area contributed by atoms with Gasteiger partial charge in [-0.1, -0.05) is 47.7 Å². The van der Waals surface area contributed by atoms with E-state index in [0.29, 0.717) is 24.1 Å². The molecule has 6 nitrogen and oxygen atoms in total. The van der Waals surface area contributed by atoms with E-state index < -0.39 is 0 Å². The third-order valence-corrected chi connectivity index (χ3v) is 4.29. The predicted molar refractivity (Wildman–Crippen MR) is 93.0 cm³/mol. The van der Waals surface area contributed by atoms with Crippen molar-refractivity contribution in [1.29, 1.82) is 0 Å². The molecule has 0 unspecified atom stereocenters. The van der Waals surface area contributed by atoms with Gasteiger partial charge in [0.2, 0.25) is 0 Å². The fourth-order valence-electron chi connectivity index (χ4n) is 3.09. The Morgan fingerprint density at radius 3 is 2.67 bits per heavy atom. The maximum atomic E-state index is 12.9. The Morgan fingerprint density at radius 2 is 1.83 bits per heavy atom. The van der Waals surface area contributed by atoms with Crippen molar-refractivity contribution in [3.8, 4) is 0 Å². The molecule has 0 fully saturated rings. The third kappa shape index (κ3) is 2.19. The molecule has 120 valence electrons. The summed E-state index contributed by atoms with van der Waals surface area (Å²) >= 11 is 0. The number of aromatic nitrogens is 5. The predicted octanol–water partition coefficient (Wildman–Crippen LogP) is 2.52. The van der Waals surface area contributed by atoms with Crippen molar-refractivity contribution < 1.29 is 0 Å². The lowest BCUT2D eigenvalue weighted by molar-refractivity contribution is 0.593. The molecule has 0 N–H and O–H groups in total. The quantitative estimate of drug-likeness (QED) is 0.582. The highest BCUT2D eigenvalue weighted by molar-refractivity contribution is 5.85. The molecule has 2 heterocycles. The van der Waals surface area contributed by atoms with E-state index in [1.165, 1.54) is 4.68 Å². The SMILES string of the molecule is CCn1nc(C)c2nnn(Cc3cccc4ccccc34)c(=O)c21. The van der Waals surface area contributed by atoms with Crippen LogP contribution in [0.1, 0.15) is 18.2 Å². The van der Waals surface area contributed by atoms with E-state index >= 15 is 0 Å². The first-order valence-corrected chi connectivity index (χ1v) is 7.96. The minimum Gasteiger partial charge on any atom is -0.265 e. The van der Waals surface area contributed by atoms with Gasteiger partial charge in [0.25, 0.3) is 5.56 Å². The molecular formula is C18H17N5O. The Morgan fingerprint density at radius 1 is 1.04 bits per heavy atom. The minimum atomic E-state index is -0.157. The van der Waals surface area contributed by atoms with Crippen molar-refractivity contribution in [2.75, 3.05) is 0 Å². The monoisotopic (exact) mass is 319 g/mol. The maximum Gasteiger partial charge on any atom is 0.296 e. The summed E-state index contributed by atoms with van der Waals surface area (Å²) in [6, 6.07) is 14.2. The summed E-state index contributed by atoms with van der Waals surface area (Å²) < 4.78 is 3.11. The van der Waals surface area contributed by atoms with Crippen molar-refractivity contribution in [3.63, 3.8) is 0 Å². The van der Waals surface area contributed by atoms with Crippen LogP contribution >= 0.6 is 0 Å². The summed E-state index contributed by atoms with van der Waals surface area (Å²) in [6.45, 7) is 4.81. The van der Waals surface area contributed by atoms with Crippen LogP contribution in [0.15, 0.2) is 47.3 Å². The van der Waals surface area contributed by atoms with Gasteiger partial charge in [0.05, 0.1) is 12.2 Å². The van der Waals surface area contributed by atoms with Gasteiger partial charge in [0, 0.05) is 6.54 Å². The van der Waals surface area contributed by atoms with Gasteiger partial charge >= 0.3 is 0 Å². The number of nitrogens with zero attached hydrogens (tertiary/aromatic N) is 5. The van der Waals surface area contributed by atoms with Crippen LogP contribution in [0.2, 0.25) is 0 Å². The molecule has 6 heteroatoms. The van der Waals surface area contributed by atoms with Crippen molar-refractivity contribution >= 4 is 21.8 Å². The van der Waals surface area contributed by atoms with Gasteiger partial charge < -0.3 is 0 Å². The zero-order valence-electron chi connectivity index (χ0n) is 13.6. The highest BCUT2D eigenvalue weighted by Crippen LogP contribution is 2.19. The normalized spacial score (nSPS) is 11.4. The summed E-state index contributed by atoms with van der Waals surface area (Å²) in [6.07, 6.45) is 0. The van der Waals surface area contributed by atoms with Crippen molar-refractivity contribution in [1.82, 2.24) is 24.8 Å². The van der Waals surface area contributed by atoms with Crippen LogP contribution in [-0.4, -0.2) is 24.8 Å². The van der Waals surface area contributed by atoms with E-state index in [4.69, 9.17) is 0 Å². The number of fused-ring (bicyclic) bond motifs is 2. The first-order chi connectivity index (χ1) is 11.7. The molecule has 0 aliphatic carbocycles. The summed E-state index contributed by atoms with van der Waals surface area (Å²) in [5.41, 5.74) is 2.72. The van der Waals surface area contributed by atoms with Gasteiger partial charge in [-0.15, -0.1) is 5.10 Å². The summed E-state index contributed by atoms with van der Waals surface area (Å²) in [5, 5.41) is 15.0. The average molecular weight is 319 g/mol. The van der Waals surface area contributed by atoms with Gasteiger partial charge in [0.1, 0.15) is 5.52 Å². The Labute approximate surface area is 138 Å². The van der Waals surface area contributed by atoms with E-state index in [9.17, 15) is 4.79 Å². The zero-order chi connectivity index (χ0) is 16.7. The zero-order valence-corrected chi connectivity index (χ0v) is 13.6. The molecule has 0 saturated carbocycles. The molecule has 0 radical (unpaired) electrons. The molecule has 0 saturated heterocycles. The molecular weight excluding hydrogens is 302 g/mol. The van der Waals surface area contributed by atoms with Gasteiger partial charge in [-0.05, 0) is 30.2 Å². The van der Waals surface area contributed by atoms with Gasteiger partial charge in [-0.2, -0.15) is 5.10 Å². The number of hydrogen-bond donors (Lipinski definition) is 0. The average Bonchev–Trinajstić information content (AvgIpc) is 2.94. The fourth-order valence-corrected chi connectivity index (χ4v) is 3.09. The van der Waals surface area contributed by atoms with Crippen LogP contribution < -0.4 is 5.56 Å². The van der Waals surface area contributed by atoms with Gasteiger partial charge in [0.15, 0.2) is 5.52 Å². The van der Waals surface area contributed by atoms with Crippen LogP contribution in [0.25, 0.3) is 21.8 Å². The standard InChI is InChI=1S/C18H17N5O/c1-3-22-17-16(12(2)20-22)19-21-23(18(17)24)11-14-9-6-8-13-7-4-5-10-15(13)14/h4-10H,3,11H2,1-2H3. The summed E-state index contributed by atoms with van der Waals surface area (Å²) in [7, 11) is 0. The molecule has 24 heavy (non-hydrogen) atoms. The molecule has 2 aromatic heterocycles. The van der Waals surface area contributed by atoms with Gasteiger partial charge in [-0.25, -0.2) is 4.68 Å². The molecule has 4 rings (SSSR count). The van der Waals surface area contributed by atoms with E-state index in [-0.39, 0.29) is 5.56 Å². The number of aryl methyl sites for hydroxylation is 2. The molecule has 0 bridgehead atoms. The fraction of sp³-hybridized carbons (Fsp3) is 0.222. The number of rotatable bonds is 3. The van der Waals surface area contributed by atoms with Crippen LogP contribution in [0, 0.1) is 6.92 Å². The van der Waals surface area contributed by atoms with E-state index in [1.54, 1.807) is 4.68 Å². The first-order valence-electron chi connectivity index (χ1n) is 7.96. The maximum absolute atomic E-state index is 12.9. The topological polar surface area (TPSA) is 65.6 Å². The van der Waals surface area contributed by atoms with Crippen LogP contribution in [0.3, 0.4) is 0 Å². The molecule has 2 aromatic carbocycles. The van der Waals surface area contributed by atoms with Crippen molar-refractivity contribution in [2.24, 2.45) is 0 Å². The highest BCUT2D eigenvalue weighted by Gasteiger charge is 2.15. The molecule has 0 amide bonds. The Hall–Kier alpha value is -3.02. The third-order valence-electron chi connectivity index (χ3n) is 4.29. The molecule has 0 spiro atoms. The van der Waals surface area contributed by atoms with E-state index in [2.05, 4.69) is 33.6 Å². The van der Waals surface area contributed by atoms with Crippen molar-refractivity contribution in [3.05, 3.63) is 64.1 Å². The highest BCUT2D eigenvalue weighted by atomic mass is 16.1. The first kappa shape index (κ1) is 14.6. The minimum absolute atomic E-state index is 0.157. The number of benzene rings is 2. The largest absolute Gasteiger partial charge is 0.296 e. The molecule has 0 aliphatic heterocycles. The Balaban J connectivity index is 1.88. The van der Waals surface area contributed by atoms with Crippen molar-refractivity contribution in [2.45, 2.75) is 26.9 Å². The molecule has 0 aliphatic rings. The lowest BCUT2D eigenvalue weighted by atomic mass is 10.0. The van der Waals surface area contributed by atoms with E-state index in [0.717, 1.165) is 22.0 Å². The lowest BCUT2D eigenvalue weighted by Crippen LogP contribution is -2.26.